The van der Waals surface area contributed by atoms with Crippen LogP contribution in [0.3, 0.4) is 0 Å². The van der Waals surface area contributed by atoms with Crippen molar-refractivity contribution < 1.29 is 0 Å². The third-order valence-corrected chi connectivity index (χ3v) is 3.12. The first-order valence-corrected chi connectivity index (χ1v) is 6.12. The molecule has 2 aromatic heterocycles. The average Bonchev–Trinajstić information content (AvgIpc) is 2.91. The van der Waals surface area contributed by atoms with Crippen LogP contribution in [0.5, 0.6) is 0 Å². The fourth-order valence-corrected chi connectivity index (χ4v) is 2.00. The summed E-state index contributed by atoms with van der Waals surface area (Å²) in [5.74, 6) is 0.697. The largest absolute Gasteiger partial charge is 0.265 e. The van der Waals surface area contributed by atoms with Gasteiger partial charge in [-0.15, -0.1) is 5.10 Å². The summed E-state index contributed by atoms with van der Waals surface area (Å²) in [6.45, 7) is 0.532. The second-order valence-corrected chi connectivity index (χ2v) is 4.39. The maximum atomic E-state index is 6.15. The quantitative estimate of drug-likeness (QED) is 0.734. The summed E-state index contributed by atoms with van der Waals surface area (Å²) in [5.41, 5.74) is 1.90. The Kier molecular flexibility index (Phi) is 3.20. The van der Waals surface area contributed by atoms with Crippen molar-refractivity contribution in [2.24, 2.45) is 0 Å². The molecule has 0 atom stereocenters. The molecule has 0 amide bonds. The molecule has 0 fully saturated rings. The molecule has 2 heterocycles. The average molecular weight is 272 g/mol. The fraction of sp³-hybridized carbons (Fsp3) is 0.0769. The van der Waals surface area contributed by atoms with Crippen LogP contribution in [0.2, 0.25) is 5.02 Å². The summed E-state index contributed by atoms with van der Waals surface area (Å²) in [5, 5.41) is 12.5. The Bertz CT molecular complexity index is 680. The van der Waals surface area contributed by atoms with Crippen molar-refractivity contribution in [2.75, 3.05) is 0 Å². The minimum absolute atomic E-state index is 0.532. The first-order valence-electron chi connectivity index (χ1n) is 5.74. The number of nitrogens with zero attached hydrogens (tertiary/aromatic N) is 5. The van der Waals surface area contributed by atoms with E-state index in [-0.39, 0.29) is 0 Å². The van der Waals surface area contributed by atoms with Gasteiger partial charge in [0.1, 0.15) is 0 Å². The van der Waals surface area contributed by atoms with Crippen molar-refractivity contribution in [1.82, 2.24) is 25.2 Å². The van der Waals surface area contributed by atoms with Gasteiger partial charge in [-0.25, -0.2) is 4.68 Å². The third-order valence-electron chi connectivity index (χ3n) is 2.75. The van der Waals surface area contributed by atoms with E-state index in [4.69, 9.17) is 11.6 Å². The van der Waals surface area contributed by atoms with Gasteiger partial charge in [0.2, 0.25) is 0 Å². The van der Waals surface area contributed by atoms with E-state index in [1.54, 1.807) is 17.1 Å². The molecule has 0 radical (unpaired) electrons. The van der Waals surface area contributed by atoms with Crippen molar-refractivity contribution in [3.05, 3.63) is 59.4 Å². The lowest BCUT2D eigenvalue weighted by Crippen LogP contribution is -2.04. The number of tetrazole rings is 1. The van der Waals surface area contributed by atoms with Crippen molar-refractivity contribution >= 4 is 11.6 Å². The van der Waals surface area contributed by atoms with Crippen LogP contribution in [0.1, 0.15) is 5.56 Å². The molecule has 0 unspecified atom stereocenters. The molecule has 0 saturated carbocycles. The smallest absolute Gasteiger partial charge is 0.182 e. The molecule has 0 aliphatic rings. The normalized spacial score (nSPS) is 10.6. The molecule has 0 aliphatic heterocycles. The maximum absolute atomic E-state index is 6.15. The van der Waals surface area contributed by atoms with Gasteiger partial charge in [0, 0.05) is 23.0 Å². The number of hydrogen-bond donors (Lipinski definition) is 0. The molecule has 0 N–H and O–H groups in total. The Morgan fingerprint density at radius 2 is 1.84 bits per heavy atom. The fourth-order valence-electron chi connectivity index (χ4n) is 1.81. The first-order chi connectivity index (χ1) is 9.34. The number of benzene rings is 1. The van der Waals surface area contributed by atoms with E-state index in [1.165, 1.54) is 0 Å². The summed E-state index contributed by atoms with van der Waals surface area (Å²) in [6.07, 6.45) is 3.42. The Labute approximate surface area is 114 Å². The number of hydrogen-bond acceptors (Lipinski definition) is 4. The van der Waals surface area contributed by atoms with Crippen molar-refractivity contribution in [2.45, 2.75) is 6.54 Å². The Morgan fingerprint density at radius 3 is 2.63 bits per heavy atom. The Hall–Kier alpha value is -2.27. The van der Waals surface area contributed by atoms with E-state index in [0.29, 0.717) is 17.4 Å². The van der Waals surface area contributed by atoms with Crippen LogP contribution in [-0.4, -0.2) is 25.2 Å². The number of pyridine rings is 1. The lowest BCUT2D eigenvalue weighted by molar-refractivity contribution is 0.653. The van der Waals surface area contributed by atoms with E-state index in [9.17, 15) is 0 Å². The van der Waals surface area contributed by atoms with Crippen LogP contribution in [0.25, 0.3) is 11.4 Å². The number of rotatable bonds is 3. The van der Waals surface area contributed by atoms with Gasteiger partial charge in [-0.05, 0) is 34.2 Å². The van der Waals surface area contributed by atoms with Crippen LogP contribution in [0.15, 0.2) is 48.8 Å². The number of halogens is 1. The molecule has 0 aliphatic carbocycles. The van der Waals surface area contributed by atoms with Gasteiger partial charge in [0.15, 0.2) is 5.82 Å². The standard InChI is InChI=1S/C13H10ClN5/c14-12-4-2-1-3-11(12)9-19-13(16-17-18-19)10-5-7-15-8-6-10/h1-8H,9H2. The van der Waals surface area contributed by atoms with Gasteiger partial charge in [-0.3, -0.25) is 4.98 Å². The summed E-state index contributed by atoms with van der Waals surface area (Å²) in [4.78, 5) is 3.98. The number of aromatic nitrogens is 5. The van der Waals surface area contributed by atoms with Crippen molar-refractivity contribution in [3.8, 4) is 11.4 Å². The highest BCUT2D eigenvalue weighted by molar-refractivity contribution is 6.31. The van der Waals surface area contributed by atoms with Crippen molar-refractivity contribution in [3.63, 3.8) is 0 Å². The summed E-state index contributed by atoms with van der Waals surface area (Å²) >= 11 is 6.15. The van der Waals surface area contributed by atoms with Crippen LogP contribution in [0, 0.1) is 0 Å². The van der Waals surface area contributed by atoms with Crippen LogP contribution < -0.4 is 0 Å². The SMILES string of the molecule is Clc1ccccc1Cn1nnnc1-c1ccncc1. The molecular formula is C13H10ClN5. The van der Waals surface area contributed by atoms with Gasteiger partial charge in [-0.2, -0.15) is 0 Å². The second-order valence-electron chi connectivity index (χ2n) is 3.99. The molecular weight excluding hydrogens is 262 g/mol. The molecule has 6 heteroatoms. The lowest BCUT2D eigenvalue weighted by Gasteiger charge is -2.06. The summed E-state index contributed by atoms with van der Waals surface area (Å²) in [6, 6.07) is 11.4. The van der Waals surface area contributed by atoms with Gasteiger partial charge in [0.25, 0.3) is 0 Å². The molecule has 1 aromatic carbocycles. The lowest BCUT2D eigenvalue weighted by atomic mass is 10.2. The van der Waals surface area contributed by atoms with Gasteiger partial charge >= 0.3 is 0 Å². The van der Waals surface area contributed by atoms with E-state index in [0.717, 1.165) is 11.1 Å². The highest BCUT2D eigenvalue weighted by Gasteiger charge is 2.10. The maximum Gasteiger partial charge on any atom is 0.182 e. The Balaban J connectivity index is 1.96. The molecule has 0 bridgehead atoms. The zero-order valence-electron chi connectivity index (χ0n) is 9.94. The third kappa shape index (κ3) is 2.46. The summed E-state index contributed by atoms with van der Waals surface area (Å²) in [7, 11) is 0. The highest BCUT2D eigenvalue weighted by Crippen LogP contribution is 2.19. The van der Waals surface area contributed by atoms with E-state index >= 15 is 0 Å². The zero-order valence-corrected chi connectivity index (χ0v) is 10.7. The monoisotopic (exact) mass is 271 g/mol. The molecule has 3 aromatic rings. The van der Waals surface area contributed by atoms with Gasteiger partial charge in [-0.1, -0.05) is 29.8 Å². The van der Waals surface area contributed by atoms with E-state index in [1.807, 2.05) is 36.4 Å². The van der Waals surface area contributed by atoms with E-state index < -0.39 is 0 Å². The highest BCUT2D eigenvalue weighted by atomic mass is 35.5. The minimum atomic E-state index is 0.532. The Morgan fingerprint density at radius 1 is 1.05 bits per heavy atom. The summed E-state index contributed by atoms with van der Waals surface area (Å²) < 4.78 is 1.72. The van der Waals surface area contributed by atoms with Gasteiger partial charge in [0.05, 0.1) is 6.54 Å². The molecule has 19 heavy (non-hydrogen) atoms. The zero-order chi connectivity index (χ0) is 13.1. The molecule has 0 saturated heterocycles. The molecule has 0 spiro atoms. The molecule has 3 rings (SSSR count). The van der Waals surface area contributed by atoms with Crippen LogP contribution in [-0.2, 0) is 6.54 Å². The topological polar surface area (TPSA) is 56.5 Å². The van der Waals surface area contributed by atoms with Crippen molar-refractivity contribution in [1.29, 1.82) is 0 Å². The van der Waals surface area contributed by atoms with Crippen LogP contribution >= 0.6 is 11.6 Å². The van der Waals surface area contributed by atoms with Crippen LogP contribution in [0.4, 0.5) is 0 Å². The van der Waals surface area contributed by atoms with E-state index in [2.05, 4.69) is 20.5 Å². The molecule has 5 nitrogen and oxygen atoms in total. The predicted octanol–water partition coefficient (Wildman–Crippen LogP) is 2.44. The molecule has 94 valence electrons. The first kappa shape index (κ1) is 11.8. The second kappa shape index (κ2) is 5.16. The minimum Gasteiger partial charge on any atom is -0.265 e. The predicted molar refractivity (Wildman–Crippen MR) is 71.6 cm³/mol. The van der Waals surface area contributed by atoms with Gasteiger partial charge < -0.3 is 0 Å².